The zero-order valence-electron chi connectivity index (χ0n) is 12.4. The van der Waals surface area contributed by atoms with Crippen molar-refractivity contribution < 1.29 is 24.1 Å². The maximum absolute atomic E-state index is 12.5. The third-order valence-electron chi connectivity index (χ3n) is 3.47. The molecule has 0 saturated carbocycles. The van der Waals surface area contributed by atoms with Crippen LogP contribution in [0.2, 0.25) is 0 Å². The molecule has 1 aliphatic rings. The Hall–Kier alpha value is -1.36. The van der Waals surface area contributed by atoms with Gasteiger partial charge in [0.25, 0.3) is 11.6 Å². The summed E-state index contributed by atoms with van der Waals surface area (Å²) in [5, 5.41) is 11.4. The van der Waals surface area contributed by atoms with Gasteiger partial charge in [-0.25, -0.2) is 4.79 Å². The molecule has 1 aliphatic heterocycles. The van der Waals surface area contributed by atoms with Crippen LogP contribution in [0.5, 0.6) is 0 Å². The number of amides is 2. The topological polar surface area (TPSA) is 107 Å². The predicted molar refractivity (Wildman–Crippen MR) is 114 cm³/mol. The van der Waals surface area contributed by atoms with Crippen molar-refractivity contribution >= 4 is 91.2 Å². The fourth-order valence-electron chi connectivity index (χ4n) is 2.32. The summed E-state index contributed by atoms with van der Waals surface area (Å²) in [5.74, 6) is -2.85. The average Bonchev–Trinajstić information content (AvgIpc) is 2.83. The van der Waals surface area contributed by atoms with E-state index in [0.29, 0.717) is 7.14 Å². The first-order chi connectivity index (χ1) is 12.2. The third kappa shape index (κ3) is 3.19. The van der Waals surface area contributed by atoms with Gasteiger partial charge in [-0.15, -0.1) is 0 Å². The summed E-state index contributed by atoms with van der Waals surface area (Å²) in [6.45, 7) is 0. The fourth-order valence-corrected chi connectivity index (χ4v) is 4.65. The third-order valence-corrected chi connectivity index (χ3v) is 7.43. The van der Waals surface area contributed by atoms with Gasteiger partial charge >= 0.3 is 11.9 Å². The van der Waals surface area contributed by atoms with Crippen molar-refractivity contribution in [3.05, 3.63) is 67.8 Å². The molecule has 2 aromatic rings. The maximum Gasteiger partial charge on any atom is 0.366 e. The van der Waals surface area contributed by atoms with Gasteiger partial charge < -0.3 is 4.84 Å². The van der Waals surface area contributed by atoms with E-state index in [-0.39, 0.29) is 21.8 Å². The van der Waals surface area contributed by atoms with Crippen molar-refractivity contribution in [2.75, 3.05) is 0 Å². The van der Waals surface area contributed by atoms with Crippen molar-refractivity contribution in [1.29, 1.82) is 0 Å². The van der Waals surface area contributed by atoms with Crippen molar-refractivity contribution in [2.45, 2.75) is 0 Å². The van der Waals surface area contributed by atoms with Crippen LogP contribution in [0.25, 0.3) is 0 Å². The summed E-state index contributed by atoms with van der Waals surface area (Å²) in [7, 11) is 0. The molecule has 0 atom stereocenters. The highest BCUT2D eigenvalue weighted by atomic mass is 127. The molecule has 0 unspecified atom stereocenters. The molecule has 0 spiro atoms. The molecule has 0 bridgehead atoms. The van der Waals surface area contributed by atoms with Crippen LogP contribution >= 0.6 is 67.8 Å². The Labute approximate surface area is 186 Å². The molecule has 2 aromatic carbocycles. The quantitative estimate of drug-likeness (QED) is 0.160. The van der Waals surface area contributed by atoms with E-state index in [1.807, 2.05) is 73.8 Å². The number of imide groups is 1. The van der Waals surface area contributed by atoms with Gasteiger partial charge in [-0.05, 0) is 86.0 Å². The molecule has 3 rings (SSSR count). The summed E-state index contributed by atoms with van der Waals surface area (Å²) in [4.78, 5) is 52.7. The molecule has 0 aliphatic carbocycles. The number of hydrogen-bond donors (Lipinski definition) is 0. The second-order valence-electron chi connectivity index (χ2n) is 4.96. The number of nitro benzene ring substituents is 1. The Bertz CT molecular complexity index is 1010. The first-order valence-electron chi connectivity index (χ1n) is 6.76. The smallest absolute Gasteiger partial charge is 0.324 e. The largest absolute Gasteiger partial charge is 0.366 e. The minimum atomic E-state index is -1.04. The van der Waals surface area contributed by atoms with Gasteiger partial charge in [-0.3, -0.25) is 19.7 Å². The minimum Gasteiger partial charge on any atom is -0.324 e. The van der Waals surface area contributed by atoms with Gasteiger partial charge in [-0.1, -0.05) is 11.1 Å². The highest BCUT2D eigenvalue weighted by Crippen LogP contribution is 2.32. The molecule has 2 amide bonds. The monoisotopic (exact) mass is 690 g/mol. The molecule has 0 aromatic heterocycles. The Morgan fingerprint density at radius 2 is 1.69 bits per heavy atom. The SMILES string of the molecule is O=C(ON1C(=O)c2cccc([N+](=O)[O-])c2C1=O)c1c(I)ccc(I)c1I. The van der Waals surface area contributed by atoms with Gasteiger partial charge in [0.15, 0.2) is 0 Å². The number of fused-ring (bicyclic) bond motifs is 1. The number of halogens is 3. The molecule has 132 valence electrons. The number of benzene rings is 2. The minimum absolute atomic E-state index is 0.177. The lowest BCUT2D eigenvalue weighted by atomic mass is 10.1. The standard InChI is InChI=1S/C15H5I3N2O6/c16-7-4-5-8(17)12(18)11(7)15(23)26-19-13(21)6-2-1-3-9(20(24)25)10(6)14(19)22/h1-5H. The number of carbonyl (C=O) groups excluding carboxylic acids is 3. The molecular weight excluding hydrogens is 685 g/mol. The van der Waals surface area contributed by atoms with Crippen LogP contribution in [0.1, 0.15) is 31.1 Å². The van der Waals surface area contributed by atoms with E-state index in [1.54, 1.807) is 6.07 Å². The van der Waals surface area contributed by atoms with Crippen LogP contribution in [0, 0.1) is 20.8 Å². The van der Waals surface area contributed by atoms with Gasteiger partial charge in [0, 0.05) is 16.8 Å². The number of rotatable bonds is 3. The number of nitrogens with zero attached hydrogens (tertiary/aromatic N) is 2. The first-order valence-corrected chi connectivity index (χ1v) is 9.99. The molecular formula is C15H5I3N2O6. The number of hydrogen-bond acceptors (Lipinski definition) is 6. The highest BCUT2D eigenvalue weighted by Gasteiger charge is 2.44. The zero-order chi connectivity index (χ0) is 19.2. The molecule has 11 heteroatoms. The Morgan fingerprint density at radius 1 is 1.04 bits per heavy atom. The van der Waals surface area contributed by atoms with Gasteiger partial charge in [0.2, 0.25) is 0 Å². The fraction of sp³-hybridized carbons (Fsp3) is 0. The van der Waals surface area contributed by atoms with Crippen LogP contribution in [-0.2, 0) is 4.84 Å². The van der Waals surface area contributed by atoms with E-state index in [9.17, 15) is 24.5 Å². The van der Waals surface area contributed by atoms with Crippen molar-refractivity contribution in [3.8, 4) is 0 Å². The molecule has 0 radical (unpaired) electrons. The average molecular weight is 690 g/mol. The second kappa shape index (κ2) is 7.34. The second-order valence-corrected chi connectivity index (χ2v) is 8.36. The lowest BCUT2D eigenvalue weighted by molar-refractivity contribution is -0.385. The van der Waals surface area contributed by atoms with Crippen LogP contribution < -0.4 is 0 Å². The molecule has 0 N–H and O–H groups in total. The lowest BCUT2D eigenvalue weighted by Gasteiger charge is -2.14. The highest BCUT2D eigenvalue weighted by molar-refractivity contribution is 14.1. The summed E-state index contributed by atoms with van der Waals surface area (Å²) < 4.78 is 2.00. The maximum atomic E-state index is 12.5. The van der Waals surface area contributed by atoms with E-state index in [0.717, 1.165) is 9.64 Å². The zero-order valence-corrected chi connectivity index (χ0v) is 18.8. The van der Waals surface area contributed by atoms with Crippen LogP contribution in [0.15, 0.2) is 30.3 Å². The van der Waals surface area contributed by atoms with Crippen LogP contribution in [0.3, 0.4) is 0 Å². The van der Waals surface area contributed by atoms with Crippen LogP contribution in [-0.4, -0.2) is 27.8 Å². The first kappa shape index (κ1) is 19.4. The molecule has 26 heavy (non-hydrogen) atoms. The van der Waals surface area contributed by atoms with Gasteiger partial charge in [0.05, 0.1) is 16.1 Å². The van der Waals surface area contributed by atoms with E-state index < -0.39 is 28.4 Å². The van der Waals surface area contributed by atoms with E-state index in [2.05, 4.69) is 0 Å². The van der Waals surface area contributed by atoms with Gasteiger partial charge in [0.1, 0.15) is 5.56 Å². The van der Waals surface area contributed by atoms with E-state index in [4.69, 9.17) is 4.84 Å². The number of hydroxylamine groups is 2. The molecule has 0 saturated heterocycles. The Balaban J connectivity index is 1.98. The summed E-state index contributed by atoms with van der Waals surface area (Å²) in [6.07, 6.45) is 0. The van der Waals surface area contributed by atoms with E-state index in [1.165, 1.54) is 12.1 Å². The van der Waals surface area contributed by atoms with Crippen molar-refractivity contribution in [1.82, 2.24) is 5.06 Å². The summed E-state index contributed by atoms with van der Waals surface area (Å²) in [5.41, 5.74) is -0.867. The lowest BCUT2D eigenvalue weighted by Crippen LogP contribution is -2.33. The summed E-state index contributed by atoms with van der Waals surface area (Å²) >= 11 is 5.95. The summed E-state index contributed by atoms with van der Waals surface area (Å²) in [6, 6.07) is 7.19. The van der Waals surface area contributed by atoms with Gasteiger partial charge in [-0.2, -0.15) is 0 Å². The normalized spacial score (nSPS) is 13.0. The van der Waals surface area contributed by atoms with E-state index >= 15 is 0 Å². The number of carbonyl (C=O) groups is 3. The molecule has 8 nitrogen and oxygen atoms in total. The Morgan fingerprint density at radius 3 is 2.35 bits per heavy atom. The van der Waals surface area contributed by atoms with Crippen molar-refractivity contribution in [2.24, 2.45) is 0 Å². The number of nitro groups is 1. The Kier molecular flexibility index (Phi) is 5.48. The molecule has 1 heterocycles. The van der Waals surface area contributed by atoms with Crippen LogP contribution in [0.4, 0.5) is 5.69 Å². The van der Waals surface area contributed by atoms with Crippen molar-refractivity contribution in [3.63, 3.8) is 0 Å². The predicted octanol–water partition coefficient (Wildman–Crippen LogP) is 3.78. The molecule has 0 fully saturated rings.